The standard InChI is InChI=1S/C12H15NO/c1-2-4-9-5-3-6-10-11(14)7-8-13-12(9)10/h3,5-6,13H,2,4,7-8H2,1H3. The molecule has 1 N–H and O–H groups in total. The van der Waals surface area contributed by atoms with Crippen LogP contribution in [-0.2, 0) is 6.42 Å². The van der Waals surface area contributed by atoms with E-state index in [9.17, 15) is 4.79 Å². The minimum absolute atomic E-state index is 0.275. The molecule has 0 aromatic heterocycles. The number of hydrogen-bond acceptors (Lipinski definition) is 2. The molecule has 2 heteroatoms. The van der Waals surface area contributed by atoms with Gasteiger partial charge in [-0.05, 0) is 18.1 Å². The molecule has 0 atom stereocenters. The smallest absolute Gasteiger partial charge is 0.166 e. The summed E-state index contributed by atoms with van der Waals surface area (Å²) in [5.41, 5.74) is 3.23. The highest BCUT2D eigenvalue weighted by molar-refractivity contribution is 6.03. The Morgan fingerprint density at radius 1 is 1.43 bits per heavy atom. The molecule has 1 heterocycles. The number of fused-ring (bicyclic) bond motifs is 1. The Bertz CT molecular complexity index is 357. The molecule has 0 unspecified atom stereocenters. The summed E-state index contributed by atoms with van der Waals surface area (Å²) in [7, 11) is 0. The fourth-order valence-corrected chi connectivity index (χ4v) is 1.95. The Balaban J connectivity index is 2.44. The fourth-order valence-electron chi connectivity index (χ4n) is 1.95. The van der Waals surface area contributed by atoms with Gasteiger partial charge in [-0.1, -0.05) is 25.5 Å². The predicted octanol–water partition coefficient (Wildman–Crippen LogP) is 2.64. The Kier molecular flexibility index (Phi) is 2.53. The van der Waals surface area contributed by atoms with Gasteiger partial charge in [0, 0.05) is 24.2 Å². The van der Waals surface area contributed by atoms with Crippen molar-refractivity contribution in [3.63, 3.8) is 0 Å². The van der Waals surface area contributed by atoms with Gasteiger partial charge in [-0.15, -0.1) is 0 Å². The molecule has 1 aromatic rings. The van der Waals surface area contributed by atoms with Gasteiger partial charge in [0.2, 0.25) is 0 Å². The maximum atomic E-state index is 11.6. The minimum atomic E-state index is 0.275. The minimum Gasteiger partial charge on any atom is -0.384 e. The number of para-hydroxylation sites is 1. The van der Waals surface area contributed by atoms with Crippen molar-refractivity contribution < 1.29 is 4.79 Å². The van der Waals surface area contributed by atoms with Gasteiger partial charge < -0.3 is 5.32 Å². The lowest BCUT2D eigenvalue weighted by Crippen LogP contribution is -2.19. The molecule has 1 aromatic carbocycles. The topological polar surface area (TPSA) is 29.1 Å². The SMILES string of the molecule is CCCc1cccc2c1NCCC2=O. The number of carbonyl (C=O) groups is 1. The molecule has 0 bridgehead atoms. The van der Waals surface area contributed by atoms with Crippen LogP contribution >= 0.6 is 0 Å². The van der Waals surface area contributed by atoms with Crippen molar-refractivity contribution in [1.29, 1.82) is 0 Å². The lowest BCUT2D eigenvalue weighted by Gasteiger charge is -2.20. The van der Waals surface area contributed by atoms with Gasteiger partial charge in [0.15, 0.2) is 5.78 Å². The number of benzene rings is 1. The van der Waals surface area contributed by atoms with E-state index in [0.717, 1.165) is 30.6 Å². The normalized spacial score (nSPS) is 14.8. The lowest BCUT2D eigenvalue weighted by molar-refractivity contribution is 0.0983. The quantitative estimate of drug-likeness (QED) is 0.774. The highest BCUT2D eigenvalue weighted by Gasteiger charge is 2.18. The largest absolute Gasteiger partial charge is 0.384 e. The summed E-state index contributed by atoms with van der Waals surface area (Å²) in [6, 6.07) is 6.01. The number of ketones is 1. The third-order valence-corrected chi connectivity index (χ3v) is 2.62. The highest BCUT2D eigenvalue weighted by atomic mass is 16.1. The molecule has 0 aliphatic carbocycles. The number of Topliss-reactive ketones (excluding diaryl/α,β-unsaturated/α-hetero) is 1. The van der Waals surface area contributed by atoms with Crippen LogP contribution in [0.1, 0.15) is 35.7 Å². The van der Waals surface area contributed by atoms with Gasteiger partial charge in [0.1, 0.15) is 0 Å². The van der Waals surface area contributed by atoms with E-state index in [-0.39, 0.29) is 5.78 Å². The molecule has 1 aliphatic heterocycles. The first-order valence-corrected chi connectivity index (χ1v) is 5.22. The number of carbonyl (C=O) groups excluding carboxylic acids is 1. The van der Waals surface area contributed by atoms with Crippen molar-refractivity contribution >= 4 is 11.5 Å². The summed E-state index contributed by atoms with van der Waals surface area (Å²) in [5, 5.41) is 3.33. The number of hydrogen-bond donors (Lipinski definition) is 1. The van der Waals surface area contributed by atoms with Crippen molar-refractivity contribution in [2.45, 2.75) is 26.2 Å². The van der Waals surface area contributed by atoms with Gasteiger partial charge in [0.05, 0.1) is 0 Å². The Morgan fingerprint density at radius 3 is 3.07 bits per heavy atom. The van der Waals surface area contributed by atoms with E-state index in [1.54, 1.807) is 0 Å². The van der Waals surface area contributed by atoms with E-state index in [4.69, 9.17) is 0 Å². The summed E-state index contributed by atoms with van der Waals surface area (Å²) in [5.74, 6) is 0.275. The van der Waals surface area contributed by atoms with Crippen molar-refractivity contribution in [3.05, 3.63) is 29.3 Å². The molecule has 0 amide bonds. The van der Waals surface area contributed by atoms with Crippen LogP contribution in [0, 0.1) is 0 Å². The van der Waals surface area contributed by atoms with Gasteiger partial charge >= 0.3 is 0 Å². The molecule has 0 saturated carbocycles. The molecule has 0 spiro atoms. The molecule has 0 radical (unpaired) electrons. The van der Waals surface area contributed by atoms with Crippen LogP contribution in [0.5, 0.6) is 0 Å². The molecule has 2 nitrogen and oxygen atoms in total. The second kappa shape index (κ2) is 3.82. The average molecular weight is 189 g/mol. The zero-order valence-electron chi connectivity index (χ0n) is 8.47. The number of aryl methyl sites for hydroxylation is 1. The third-order valence-electron chi connectivity index (χ3n) is 2.62. The monoisotopic (exact) mass is 189 g/mol. The average Bonchev–Trinajstić information content (AvgIpc) is 2.20. The van der Waals surface area contributed by atoms with E-state index in [1.165, 1.54) is 5.56 Å². The maximum Gasteiger partial charge on any atom is 0.166 e. The van der Waals surface area contributed by atoms with E-state index >= 15 is 0 Å². The number of nitrogens with one attached hydrogen (secondary N) is 1. The van der Waals surface area contributed by atoms with Crippen molar-refractivity contribution in [2.75, 3.05) is 11.9 Å². The predicted molar refractivity (Wildman–Crippen MR) is 57.9 cm³/mol. The van der Waals surface area contributed by atoms with E-state index in [1.807, 2.05) is 12.1 Å². The molecule has 2 rings (SSSR count). The number of rotatable bonds is 2. The Morgan fingerprint density at radius 2 is 2.29 bits per heavy atom. The van der Waals surface area contributed by atoms with Gasteiger partial charge in [0.25, 0.3) is 0 Å². The van der Waals surface area contributed by atoms with E-state index in [2.05, 4.69) is 18.3 Å². The van der Waals surface area contributed by atoms with Crippen LogP contribution in [0.3, 0.4) is 0 Å². The van der Waals surface area contributed by atoms with Crippen LogP contribution in [0.4, 0.5) is 5.69 Å². The Labute approximate surface area is 84.3 Å². The van der Waals surface area contributed by atoms with Crippen LogP contribution < -0.4 is 5.32 Å². The lowest BCUT2D eigenvalue weighted by atomic mass is 9.96. The molecule has 14 heavy (non-hydrogen) atoms. The molecule has 74 valence electrons. The maximum absolute atomic E-state index is 11.6. The second-order valence-electron chi connectivity index (χ2n) is 3.69. The third kappa shape index (κ3) is 1.52. The summed E-state index contributed by atoms with van der Waals surface area (Å²) < 4.78 is 0. The van der Waals surface area contributed by atoms with Crippen LogP contribution in [0.25, 0.3) is 0 Å². The van der Waals surface area contributed by atoms with E-state index < -0.39 is 0 Å². The van der Waals surface area contributed by atoms with Crippen molar-refractivity contribution in [2.24, 2.45) is 0 Å². The van der Waals surface area contributed by atoms with E-state index in [0.29, 0.717) is 6.42 Å². The van der Waals surface area contributed by atoms with Crippen LogP contribution in [-0.4, -0.2) is 12.3 Å². The molecule has 0 saturated heterocycles. The van der Waals surface area contributed by atoms with Gasteiger partial charge in [-0.3, -0.25) is 4.79 Å². The summed E-state index contributed by atoms with van der Waals surface area (Å²) in [6.45, 7) is 2.94. The zero-order valence-corrected chi connectivity index (χ0v) is 8.47. The summed E-state index contributed by atoms with van der Waals surface area (Å²) in [6.07, 6.45) is 2.79. The summed E-state index contributed by atoms with van der Waals surface area (Å²) in [4.78, 5) is 11.6. The molecule has 0 fully saturated rings. The highest BCUT2D eigenvalue weighted by Crippen LogP contribution is 2.26. The Hall–Kier alpha value is -1.31. The molecular weight excluding hydrogens is 174 g/mol. The first-order valence-electron chi connectivity index (χ1n) is 5.22. The molecular formula is C12H15NO. The first-order chi connectivity index (χ1) is 6.83. The van der Waals surface area contributed by atoms with Crippen molar-refractivity contribution in [3.8, 4) is 0 Å². The van der Waals surface area contributed by atoms with Gasteiger partial charge in [-0.25, -0.2) is 0 Å². The first kappa shape index (κ1) is 9.25. The van der Waals surface area contributed by atoms with Crippen LogP contribution in [0.2, 0.25) is 0 Å². The summed E-state index contributed by atoms with van der Waals surface area (Å²) >= 11 is 0. The molecule has 1 aliphatic rings. The van der Waals surface area contributed by atoms with Gasteiger partial charge in [-0.2, -0.15) is 0 Å². The van der Waals surface area contributed by atoms with Crippen molar-refractivity contribution in [1.82, 2.24) is 0 Å². The number of anilines is 1. The fraction of sp³-hybridized carbons (Fsp3) is 0.417. The zero-order chi connectivity index (χ0) is 9.97. The second-order valence-corrected chi connectivity index (χ2v) is 3.69. The van der Waals surface area contributed by atoms with Crippen LogP contribution in [0.15, 0.2) is 18.2 Å².